The SMILES string of the molecule is O=C(CN1CCN(C(=O)c2ccccc2C(F)(F)F)CC1)N1CCN(Cc2ccccc2)CC1. The van der Waals surface area contributed by atoms with Crippen molar-refractivity contribution in [3.8, 4) is 0 Å². The van der Waals surface area contributed by atoms with Crippen molar-refractivity contribution in [1.29, 1.82) is 0 Å². The van der Waals surface area contributed by atoms with Gasteiger partial charge in [0.2, 0.25) is 5.91 Å². The van der Waals surface area contributed by atoms with Crippen molar-refractivity contribution < 1.29 is 22.8 Å². The van der Waals surface area contributed by atoms with Gasteiger partial charge in [0.25, 0.3) is 5.91 Å². The molecule has 2 aliphatic heterocycles. The van der Waals surface area contributed by atoms with Crippen LogP contribution in [0.25, 0.3) is 0 Å². The van der Waals surface area contributed by atoms with Crippen LogP contribution >= 0.6 is 0 Å². The number of amides is 2. The average molecular weight is 475 g/mol. The van der Waals surface area contributed by atoms with Crippen molar-refractivity contribution in [2.75, 3.05) is 58.9 Å². The van der Waals surface area contributed by atoms with Crippen LogP contribution in [0.1, 0.15) is 21.5 Å². The van der Waals surface area contributed by atoms with Crippen LogP contribution in [-0.2, 0) is 17.5 Å². The van der Waals surface area contributed by atoms with Gasteiger partial charge in [0.05, 0.1) is 17.7 Å². The number of hydrogen-bond donors (Lipinski definition) is 0. The Morgan fingerprint density at radius 1 is 0.706 bits per heavy atom. The summed E-state index contributed by atoms with van der Waals surface area (Å²) in [6, 6.07) is 15.1. The Labute approximate surface area is 197 Å². The van der Waals surface area contributed by atoms with Crippen LogP contribution in [0.2, 0.25) is 0 Å². The van der Waals surface area contributed by atoms with Gasteiger partial charge in [-0.05, 0) is 17.7 Å². The molecule has 2 aromatic rings. The topological polar surface area (TPSA) is 47.1 Å². The molecule has 0 unspecified atom stereocenters. The van der Waals surface area contributed by atoms with E-state index in [1.54, 1.807) is 0 Å². The third kappa shape index (κ3) is 5.95. The fourth-order valence-corrected chi connectivity index (χ4v) is 4.48. The number of halogens is 3. The summed E-state index contributed by atoms with van der Waals surface area (Å²) in [4.78, 5) is 33.1. The fraction of sp³-hybridized carbons (Fsp3) is 0.440. The second-order valence-corrected chi connectivity index (χ2v) is 8.75. The fourth-order valence-electron chi connectivity index (χ4n) is 4.48. The van der Waals surface area contributed by atoms with E-state index in [0.29, 0.717) is 39.3 Å². The van der Waals surface area contributed by atoms with Crippen LogP contribution in [0.15, 0.2) is 54.6 Å². The molecule has 2 heterocycles. The first-order valence-electron chi connectivity index (χ1n) is 11.5. The molecule has 9 heteroatoms. The highest BCUT2D eigenvalue weighted by Crippen LogP contribution is 2.32. The van der Waals surface area contributed by atoms with Crippen LogP contribution in [0, 0.1) is 0 Å². The van der Waals surface area contributed by atoms with E-state index in [2.05, 4.69) is 17.0 Å². The molecule has 2 fully saturated rings. The molecule has 2 amide bonds. The number of rotatable bonds is 5. The molecule has 6 nitrogen and oxygen atoms in total. The Morgan fingerprint density at radius 2 is 1.26 bits per heavy atom. The number of carbonyl (C=O) groups excluding carboxylic acids is 2. The van der Waals surface area contributed by atoms with E-state index in [0.717, 1.165) is 25.7 Å². The highest BCUT2D eigenvalue weighted by molar-refractivity contribution is 5.96. The number of piperazine rings is 2. The van der Waals surface area contributed by atoms with Crippen LogP contribution in [0.5, 0.6) is 0 Å². The zero-order valence-corrected chi connectivity index (χ0v) is 19.0. The largest absolute Gasteiger partial charge is 0.417 e. The quantitative estimate of drug-likeness (QED) is 0.669. The maximum atomic E-state index is 13.3. The van der Waals surface area contributed by atoms with Crippen molar-refractivity contribution in [2.24, 2.45) is 0 Å². The molecule has 0 spiro atoms. The van der Waals surface area contributed by atoms with Gasteiger partial charge >= 0.3 is 6.18 Å². The maximum Gasteiger partial charge on any atom is 0.417 e. The second kappa shape index (κ2) is 10.6. The molecule has 2 aromatic carbocycles. The Morgan fingerprint density at radius 3 is 1.91 bits per heavy atom. The Hall–Kier alpha value is -2.91. The Kier molecular flexibility index (Phi) is 7.53. The van der Waals surface area contributed by atoms with E-state index in [-0.39, 0.29) is 18.0 Å². The van der Waals surface area contributed by atoms with Crippen molar-refractivity contribution in [3.05, 3.63) is 71.3 Å². The lowest BCUT2D eigenvalue weighted by Crippen LogP contribution is -2.54. The van der Waals surface area contributed by atoms with Gasteiger partial charge in [-0.15, -0.1) is 0 Å². The average Bonchev–Trinajstić information content (AvgIpc) is 2.84. The van der Waals surface area contributed by atoms with Crippen LogP contribution < -0.4 is 0 Å². The number of nitrogens with zero attached hydrogens (tertiary/aromatic N) is 4. The molecule has 2 aliphatic rings. The van der Waals surface area contributed by atoms with E-state index < -0.39 is 17.6 Å². The van der Waals surface area contributed by atoms with Crippen molar-refractivity contribution in [1.82, 2.24) is 19.6 Å². The molecule has 0 atom stereocenters. The first-order valence-corrected chi connectivity index (χ1v) is 11.5. The van der Waals surface area contributed by atoms with Crippen LogP contribution in [0.3, 0.4) is 0 Å². The molecule has 0 saturated carbocycles. The summed E-state index contributed by atoms with van der Waals surface area (Å²) in [5.74, 6) is -0.560. The molecule has 0 aliphatic carbocycles. The standard InChI is InChI=1S/C25H29F3N4O2/c26-25(27,28)22-9-5-4-8-21(22)24(34)32-16-12-30(13-17-32)19-23(33)31-14-10-29(11-15-31)18-20-6-2-1-3-7-20/h1-9H,10-19H2. The van der Waals surface area contributed by atoms with Gasteiger partial charge in [0.15, 0.2) is 0 Å². The second-order valence-electron chi connectivity index (χ2n) is 8.75. The highest BCUT2D eigenvalue weighted by Gasteiger charge is 2.36. The lowest BCUT2D eigenvalue weighted by molar-refractivity contribution is -0.138. The van der Waals surface area contributed by atoms with Gasteiger partial charge in [-0.1, -0.05) is 42.5 Å². The number of hydrogen-bond acceptors (Lipinski definition) is 4. The summed E-state index contributed by atoms with van der Waals surface area (Å²) >= 11 is 0. The van der Waals surface area contributed by atoms with Gasteiger partial charge in [0.1, 0.15) is 0 Å². The molecule has 4 rings (SSSR count). The molecule has 182 valence electrons. The first-order chi connectivity index (χ1) is 16.3. The smallest absolute Gasteiger partial charge is 0.339 e. The van der Waals surface area contributed by atoms with E-state index in [1.165, 1.54) is 28.7 Å². The molecule has 0 aromatic heterocycles. The Bertz CT molecular complexity index is 983. The molecular weight excluding hydrogens is 445 g/mol. The predicted molar refractivity (Wildman–Crippen MR) is 122 cm³/mol. The summed E-state index contributed by atoms with van der Waals surface area (Å²) in [5.41, 5.74) is 0.0180. The van der Waals surface area contributed by atoms with Gasteiger partial charge in [-0.3, -0.25) is 19.4 Å². The molecule has 0 N–H and O–H groups in total. The summed E-state index contributed by atoms with van der Waals surface area (Å²) in [6.07, 6.45) is -4.58. The van der Waals surface area contributed by atoms with E-state index in [4.69, 9.17) is 0 Å². The monoisotopic (exact) mass is 474 g/mol. The maximum absolute atomic E-state index is 13.3. The number of benzene rings is 2. The van der Waals surface area contributed by atoms with Gasteiger partial charge in [-0.25, -0.2) is 0 Å². The van der Waals surface area contributed by atoms with Gasteiger partial charge in [0, 0.05) is 58.9 Å². The lowest BCUT2D eigenvalue weighted by Gasteiger charge is -2.38. The minimum absolute atomic E-state index is 0.0570. The number of alkyl halides is 3. The Balaban J connectivity index is 1.23. The zero-order valence-electron chi connectivity index (χ0n) is 19.0. The molecular formula is C25H29F3N4O2. The van der Waals surface area contributed by atoms with E-state index in [1.807, 2.05) is 28.0 Å². The summed E-state index contributed by atoms with van der Waals surface area (Å²) in [7, 11) is 0. The molecule has 2 saturated heterocycles. The summed E-state index contributed by atoms with van der Waals surface area (Å²) in [6.45, 7) is 5.64. The van der Waals surface area contributed by atoms with Crippen molar-refractivity contribution in [2.45, 2.75) is 12.7 Å². The highest BCUT2D eigenvalue weighted by atomic mass is 19.4. The summed E-state index contributed by atoms with van der Waals surface area (Å²) in [5, 5.41) is 0. The molecule has 0 bridgehead atoms. The van der Waals surface area contributed by atoms with E-state index in [9.17, 15) is 22.8 Å². The zero-order chi connectivity index (χ0) is 24.1. The first kappa shape index (κ1) is 24.2. The predicted octanol–water partition coefficient (Wildman–Crippen LogP) is 2.81. The van der Waals surface area contributed by atoms with E-state index >= 15 is 0 Å². The van der Waals surface area contributed by atoms with Gasteiger partial charge in [-0.2, -0.15) is 13.2 Å². The van der Waals surface area contributed by atoms with Crippen LogP contribution in [-0.4, -0.2) is 90.3 Å². The lowest BCUT2D eigenvalue weighted by atomic mass is 10.1. The number of carbonyl (C=O) groups is 2. The third-order valence-corrected chi connectivity index (χ3v) is 6.46. The summed E-state index contributed by atoms with van der Waals surface area (Å²) < 4.78 is 39.8. The van der Waals surface area contributed by atoms with Crippen molar-refractivity contribution >= 4 is 11.8 Å². The molecule has 34 heavy (non-hydrogen) atoms. The minimum Gasteiger partial charge on any atom is -0.339 e. The molecule has 0 radical (unpaired) electrons. The third-order valence-electron chi connectivity index (χ3n) is 6.46. The van der Waals surface area contributed by atoms with Gasteiger partial charge < -0.3 is 9.80 Å². The van der Waals surface area contributed by atoms with Crippen molar-refractivity contribution in [3.63, 3.8) is 0 Å². The minimum atomic E-state index is -4.58. The van der Waals surface area contributed by atoms with Crippen LogP contribution in [0.4, 0.5) is 13.2 Å². The normalized spacial score (nSPS) is 18.2.